The predicted octanol–water partition coefficient (Wildman–Crippen LogP) is 3.64. The van der Waals surface area contributed by atoms with Gasteiger partial charge in [0.1, 0.15) is 11.4 Å². The summed E-state index contributed by atoms with van der Waals surface area (Å²) in [5, 5.41) is 0.345. The van der Waals surface area contributed by atoms with Gasteiger partial charge in [-0.25, -0.2) is 0 Å². The van der Waals surface area contributed by atoms with Crippen LogP contribution in [-0.4, -0.2) is 17.9 Å². The fourth-order valence-electron chi connectivity index (χ4n) is 1.62. The maximum absolute atomic E-state index is 12.0. The largest absolute Gasteiger partial charge is 0.496 e. The van der Waals surface area contributed by atoms with Crippen molar-refractivity contribution in [2.24, 2.45) is 0 Å². The lowest BCUT2D eigenvalue weighted by Crippen LogP contribution is -1.98. The number of rotatable bonds is 4. The summed E-state index contributed by atoms with van der Waals surface area (Å²) >= 11 is 5.92. The lowest BCUT2D eigenvalue weighted by Gasteiger charge is -2.03. The number of allylic oxidation sites excluding steroid dienone is 1. The zero-order valence-electron chi connectivity index (χ0n) is 10.3. The van der Waals surface area contributed by atoms with Crippen molar-refractivity contribution in [2.75, 3.05) is 7.11 Å². The molecule has 0 spiro atoms. The monoisotopic (exact) mass is 273 g/mol. The lowest BCUT2D eigenvalue weighted by atomic mass is 10.1. The predicted molar refractivity (Wildman–Crippen MR) is 75.6 cm³/mol. The molecule has 0 aliphatic rings. The zero-order chi connectivity index (χ0) is 13.7. The van der Waals surface area contributed by atoms with E-state index in [1.54, 1.807) is 25.3 Å². The van der Waals surface area contributed by atoms with Gasteiger partial charge < -0.3 is 4.74 Å². The van der Waals surface area contributed by atoms with E-state index in [2.05, 4.69) is 4.98 Å². The standard InChI is InChI=1S/C15H12ClNO2/c1-19-14-7-3-2-5-11(14)8-9-13(18)15-12(16)6-4-10-17-15/h2-10H,1H3. The van der Waals surface area contributed by atoms with Crippen molar-refractivity contribution >= 4 is 23.5 Å². The quantitative estimate of drug-likeness (QED) is 0.631. The summed E-state index contributed by atoms with van der Waals surface area (Å²) in [6.45, 7) is 0. The molecule has 0 radical (unpaired) electrons. The molecule has 3 nitrogen and oxygen atoms in total. The first-order chi connectivity index (χ1) is 9.22. The van der Waals surface area contributed by atoms with Crippen LogP contribution in [0.4, 0.5) is 0 Å². The molecule has 1 aromatic heterocycles. The van der Waals surface area contributed by atoms with Gasteiger partial charge in [-0.2, -0.15) is 0 Å². The number of pyridine rings is 1. The molecule has 1 heterocycles. The van der Waals surface area contributed by atoms with Crippen molar-refractivity contribution < 1.29 is 9.53 Å². The summed E-state index contributed by atoms with van der Waals surface area (Å²) in [4.78, 5) is 15.9. The molecule has 0 aliphatic carbocycles. The molecule has 0 N–H and O–H groups in total. The highest BCUT2D eigenvalue weighted by Crippen LogP contribution is 2.19. The first-order valence-corrected chi connectivity index (χ1v) is 6.06. The van der Waals surface area contributed by atoms with E-state index in [4.69, 9.17) is 16.3 Å². The van der Waals surface area contributed by atoms with Crippen LogP contribution in [0.3, 0.4) is 0 Å². The Balaban J connectivity index is 2.24. The average molecular weight is 274 g/mol. The Morgan fingerprint density at radius 1 is 1.26 bits per heavy atom. The number of benzene rings is 1. The van der Waals surface area contributed by atoms with Crippen LogP contribution in [0.15, 0.2) is 48.7 Å². The summed E-state index contributed by atoms with van der Waals surface area (Å²) in [6.07, 6.45) is 4.66. The first kappa shape index (κ1) is 13.3. The Labute approximate surface area is 116 Å². The van der Waals surface area contributed by atoms with Crippen LogP contribution < -0.4 is 4.74 Å². The molecule has 1 aromatic carbocycles. The zero-order valence-corrected chi connectivity index (χ0v) is 11.1. The molecule has 0 amide bonds. The van der Waals surface area contributed by atoms with Gasteiger partial charge in [-0.05, 0) is 30.4 Å². The Morgan fingerprint density at radius 2 is 2.05 bits per heavy atom. The van der Waals surface area contributed by atoms with E-state index < -0.39 is 0 Å². The SMILES string of the molecule is COc1ccccc1C=CC(=O)c1ncccc1Cl. The minimum atomic E-state index is -0.239. The van der Waals surface area contributed by atoms with Crippen LogP contribution in [0.5, 0.6) is 5.75 Å². The second-order valence-electron chi connectivity index (χ2n) is 3.77. The molecule has 19 heavy (non-hydrogen) atoms. The van der Waals surface area contributed by atoms with Crippen molar-refractivity contribution in [2.45, 2.75) is 0 Å². The number of hydrogen-bond donors (Lipinski definition) is 0. The molecule has 2 rings (SSSR count). The van der Waals surface area contributed by atoms with Gasteiger partial charge in [0.05, 0.1) is 12.1 Å². The van der Waals surface area contributed by atoms with Gasteiger partial charge in [0.25, 0.3) is 0 Å². The van der Waals surface area contributed by atoms with Crippen LogP contribution in [0.1, 0.15) is 16.1 Å². The Morgan fingerprint density at radius 3 is 2.79 bits per heavy atom. The second kappa shape index (κ2) is 6.16. The molecule has 0 fully saturated rings. The van der Waals surface area contributed by atoms with E-state index in [1.165, 1.54) is 12.3 Å². The number of methoxy groups -OCH3 is 1. The van der Waals surface area contributed by atoms with E-state index in [1.807, 2.05) is 24.3 Å². The van der Waals surface area contributed by atoms with Gasteiger partial charge in [0.2, 0.25) is 5.78 Å². The molecule has 2 aromatic rings. The van der Waals surface area contributed by atoms with E-state index in [0.29, 0.717) is 10.8 Å². The van der Waals surface area contributed by atoms with Crippen LogP contribution in [-0.2, 0) is 0 Å². The topological polar surface area (TPSA) is 39.2 Å². The number of aromatic nitrogens is 1. The van der Waals surface area contributed by atoms with Crippen LogP contribution >= 0.6 is 11.6 Å². The van der Waals surface area contributed by atoms with Crippen LogP contribution in [0, 0.1) is 0 Å². The molecule has 0 saturated heterocycles. The van der Waals surface area contributed by atoms with Crippen LogP contribution in [0.25, 0.3) is 6.08 Å². The molecular formula is C15H12ClNO2. The van der Waals surface area contributed by atoms with Gasteiger partial charge >= 0.3 is 0 Å². The maximum atomic E-state index is 12.0. The van der Waals surface area contributed by atoms with Gasteiger partial charge in [0, 0.05) is 11.8 Å². The smallest absolute Gasteiger partial charge is 0.205 e. The van der Waals surface area contributed by atoms with Crippen molar-refractivity contribution in [1.29, 1.82) is 0 Å². The number of hydrogen-bond acceptors (Lipinski definition) is 3. The number of carbonyl (C=O) groups is 1. The van der Waals surface area contributed by atoms with Crippen molar-refractivity contribution in [3.63, 3.8) is 0 Å². The third kappa shape index (κ3) is 3.20. The maximum Gasteiger partial charge on any atom is 0.205 e. The summed E-state index contributed by atoms with van der Waals surface area (Å²) in [5.41, 5.74) is 1.07. The highest BCUT2D eigenvalue weighted by atomic mass is 35.5. The number of ketones is 1. The molecule has 96 valence electrons. The van der Waals surface area contributed by atoms with Gasteiger partial charge in [-0.1, -0.05) is 29.8 Å². The Hall–Kier alpha value is -2.13. The number of halogens is 1. The fraction of sp³-hybridized carbons (Fsp3) is 0.0667. The van der Waals surface area contributed by atoms with Gasteiger partial charge in [0.15, 0.2) is 0 Å². The summed E-state index contributed by atoms with van der Waals surface area (Å²) in [6, 6.07) is 10.8. The Bertz CT molecular complexity index is 623. The number of para-hydroxylation sites is 1. The molecular weight excluding hydrogens is 262 g/mol. The summed E-state index contributed by atoms with van der Waals surface area (Å²) < 4.78 is 5.20. The van der Waals surface area contributed by atoms with E-state index in [0.717, 1.165) is 5.56 Å². The number of nitrogens with zero attached hydrogens (tertiary/aromatic N) is 1. The highest BCUT2D eigenvalue weighted by molar-refractivity contribution is 6.34. The molecule has 0 unspecified atom stereocenters. The van der Waals surface area contributed by atoms with E-state index in [-0.39, 0.29) is 11.5 Å². The molecule has 0 saturated carbocycles. The summed E-state index contributed by atoms with van der Waals surface area (Å²) in [7, 11) is 1.59. The van der Waals surface area contributed by atoms with Crippen molar-refractivity contribution in [3.8, 4) is 5.75 Å². The van der Waals surface area contributed by atoms with Crippen molar-refractivity contribution in [3.05, 3.63) is 65.0 Å². The van der Waals surface area contributed by atoms with Gasteiger partial charge in [-0.15, -0.1) is 0 Å². The molecule has 0 atom stereocenters. The number of carbonyl (C=O) groups excluding carboxylic acids is 1. The third-order valence-corrected chi connectivity index (χ3v) is 2.85. The highest BCUT2D eigenvalue weighted by Gasteiger charge is 2.08. The van der Waals surface area contributed by atoms with E-state index in [9.17, 15) is 4.79 Å². The van der Waals surface area contributed by atoms with Gasteiger partial charge in [-0.3, -0.25) is 9.78 Å². The lowest BCUT2D eigenvalue weighted by molar-refractivity contribution is 0.104. The molecule has 0 aliphatic heterocycles. The minimum absolute atomic E-state index is 0.239. The first-order valence-electron chi connectivity index (χ1n) is 5.68. The van der Waals surface area contributed by atoms with E-state index >= 15 is 0 Å². The summed E-state index contributed by atoms with van der Waals surface area (Å²) in [5.74, 6) is 0.468. The molecule has 0 bridgehead atoms. The third-order valence-electron chi connectivity index (χ3n) is 2.55. The number of ether oxygens (including phenoxy) is 1. The second-order valence-corrected chi connectivity index (χ2v) is 4.18. The Kier molecular flexibility index (Phi) is 4.31. The normalized spacial score (nSPS) is 10.6. The fourth-order valence-corrected chi connectivity index (χ4v) is 1.83. The van der Waals surface area contributed by atoms with Crippen LogP contribution in [0.2, 0.25) is 5.02 Å². The average Bonchev–Trinajstić information content (AvgIpc) is 2.45. The minimum Gasteiger partial charge on any atom is -0.496 e. The molecule has 4 heteroatoms. The van der Waals surface area contributed by atoms with Crippen molar-refractivity contribution in [1.82, 2.24) is 4.98 Å².